The lowest BCUT2D eigenvalue weighted by molar-refractivity contribution is -0.412. The van der Waals surface area contributed by atoms with E-state index in [9.17, 15) is 40.4 Å². The maximum atomic E-state index is 14.2. The number of ether oxygens (including phenoxy) is 6. The van der Waals surface area contributed by atoms with Crippen molar-refractivity contribution in [3.05, 3.63) is 148 Å². The van der Waals surface area contributed by atoms with Crippen LogP contribution in [0.4, 0.5) is 5.69 Å². The zero-order valence-corrected chi connectivity index (χ0v) is 29.6. The number of nitro benzene ring substituents is 1. The van der Waals surface area contributed by atoms with Crippen LogP contribution in [-0.4, -0.2) is 110 Å². The fraction of sp³-hybridized carbons (Fsp3) is 0.375. The second-order valence-electron chi connectivity index (χ2n) is 13.3. The van der Waals surface area contributed by atoms with E-state index in [2.05, 4.69) is 0 Å². The average molecular weight is 762 g/mol. The topological polar surface area (TPSA) is 217 Å². The van der Waals surface area contributed by atoms with Crippen LogP contribution in [0, 0.1) is 10.1 Å². The summed E-state index contributed by atoms with van der Waals surface area (Å²) in [5, 5.41) is 67.1. The molecule has 2 aliphatic heterocycles. The number of benzene rings is 4. The van der Waals surface area contributed by atoms with Gasteiger partial charge in [0.1, 0.15) is 42.7 Å². The molecule has 4 aromatic carbocycles. The van der Waals surface area contributed by atoms with E-state index in [-0.39, 0.29) is 37.7 Å². The first kappa shape index (κ1) is 40.0. The molecule has 0 spiro atoms. The second kappa shape index (κ2) is 18.3. The third-order valence-electron chi connectivity index (χ3n) is 9.55. The van der Waals surface area contributed by atoms with Gasteiger partial charge in [-0.3, -0.25) is 10.1 Å². The van der Waals surface area contributed by atoms with Crippen molar-refractivity contribution in [1.29, 1.82) is 0 Å². The summed E-state index contributed by atoms with van der Waals surface area (Å²) in [5.74, 6) is -3.74. The summed E-state index contributed by atoms with van der Waals surface area (Å²) in [5.41, 5.74) is 1.69. The lowest BCUT2D eigenvalue weighted by atomic mass is 9.82. The molecule has 2 heterocycles. The minimum absolute atomic E-state index is 0.0770. The van der Waals surface area contributed by atoms with Crippen LogP contribution in [0.1, 0.15) is 27.0 Å². The van der Waals surface area contributed by atoms with Crippen molar-refractivity contribution in [2.24, 2.45) is 0 Å². The molecule has 0 amide bonds. The quantitative estimate of drug-likeness (QED) is 0.0669. The van der Waals surface area contributed by atoms with Crippen LogP contribution in [0.25, 0.3) is 0 Å². The van der Waals surface area contributed by atoms with Gasteiger partial charge >= 0.3 is 5.97 Å². The molecule has 0 bridgehead atoms. The molecule has 0 aromatic heterocycles. The SMILES string of the molecule is O=C(OC1([C@@H]2O[C@H](CO)[C@@H](O)[C@H](O)[C@H]2O)O[C@H](COCc2ccccc2)[C@@H](O)[C@H](OCc2ccccc2)[C@H]1OCc1ccccc1)c1ccc([N+](=O)[O-])cc1. The fourth-order valence-corrected chi connectivity index (χ4v) is 6.64. The molecule has 0 aliphatic carbocycles. The molecule has 15 heteroatoms. The van der Waals surface area contributed by atoms with E-state index in [1.807, 2.05) is 36.4 Å². The van der Waals surface area contributed by atoms with E-state index >= 15 is 0 Å². The van der Waals surface area contributed by atoms with Crippen molar-refractivity contribution < 1.29 is 63.7 Å². The number of carbonyl (C=O) groups is 1. The Labute approximate surface area is 316 Å². The molecule has 1 unspecified atom stereocenters. The Hall–Kier alpha value is -4.65. The predicted molar refractivity (Wildman–Crippen MR) is 192 cm³/mol. The molecule has 6 rings (SSSR count). The summed E-state index contributed by atoms with van der Waals surface area (Å²) >= 11 is 0. The van der Waals surface area contributed by atoms with E-state index in [1.165, 1.54) is 0 Å². The highest BCUT2D eigenvalue weighted by molar-refractivity contribution is 5.90. The molecule has 10 atom stereocenters. The van der Waals surface area contributed by atoms with E-state index in [1.54, 1.807) is 54.6 Å². The summed E-state index contributed by atoms with van der Waals surface area (Å²) < 4.78 is 37.7. The Bertz CT molecular complexity index is 1820. The number of hydrogen-bond donors (Lipinski definition) is 5. The standard InChI is InChI=1S/C40H43NO14/c42-20-30-32(43)34(45)35(46)37(53-30)40(55-39(47)28-16-18-29(19-17-28)41(48)49)38(52-23-27-14-8-3-9-15-27)36(51-22-26-12-6-2-7-13-26)33(44)31(54-40)24-50-21-25-10-4-1-5-11-25/h1-19,30-38,42-46H,20-24H2/t30-,31-,32-,33-,34+,35-,36+,37-,38-,40?/m1/s1. The largest absolute Gasteiger partial charge is 0.423 e. The van der Waals surface area contributed by atoms with Crippen molar-refractivity contribution in [2.45, 2.75) is 80.5 Å². The number of aliphatic hydroxyl groups is 5. The highest BCUT2D eigenvalue weighted by atomic mass is 16.8. The van der Waals surface area contributed by atoms with Crippen LogP contribution in [0.5, 0.6) is 0 Å². The number of esters is 1. The van der Waals surface area contributed by atoms with Crippen LogP contribution in [0.3, 0.4) is 0 Å². The number of carbonyl (C=O) groups excluding carboxylic acids is 1. The molecular formula is C40H43NO14. The van der Waals surface area contributed by atoms with Crippen LogP contribution < -0.4 is 0 Å². The Morgan fingerprint density at radius 3 is 1.78 bits per heavy atom. The summed E-state index contributed by atoms with van der Waals surface area (Å²) in [7, 11) is 0. The van der Waals surface area contributed by atoms with Crippen molar-refractivity contribution in [1.82, 2.24) is 0 Å². The van der Waals surface area contributed by atoms with E-state index < -0.39 is 78.2 Å². The molecule has 0 saturated carbocycles. The van der Waals surface area contributed by atoms with E-state index in [0.717, 1.165) is 29.8 Å². The smallest absolute Gasteiger partial charge is 0.340 e. The van der Waals surface area contributed by atoms with Crippen molar-refractivity contribution in [3.8, 4) is 0 Å². The van der Waals surface area contributed by atoms with Crippen LogP contribution >= 0.6 is 0 Å². The van der Waals surface area contributed by atoms with Gasteiger partial charge in [-0.25, -0.2) is 4.79 Å². The van der Waals surface area contributed by atoms with Crippen molar-refractivity contribution >= 4 is 11.7 Å². The third-order valence-corrected chi connectivity index (χ3v) is 9.55. The maximum absolute atomic E-state index is 14.2. The number of non-ortho nitro benzene ring substituents is 1. The highest BCUT2D eigenvalue weighted by Crippen LogP contribution is 2.44. The first-order valence-electron chi connectivity index (χ1n) is 17.7. The van der Waals surface area contributed by atoms with Gasteiger partial charge in [0.05, 0.1) is 43.5 Å². The molecule has 292 valence electrons. The van der Waals surface area contributed by atoms with E-state index in [0.29, 0.717) is 11.1 Å². The van der Waals surface area contributed by atoms with Crippen molar-refractivity contribution in [3.63, 3.8) is 0 Å². The Balaban J connectivity index is 1.47. The number of aliphatic hydroxyl groups excluding tert-OH is 5. The molecule has 2 aliphatic rings. The fourth-order valence-electron chi connectivity index (χ4n) is 6.64. The van der Waals surface area contributed by atoms with Gasteiger partial charge in [0.15, 0.2) is 12.2 Å². The van der Waals surface area contributed by atoms with Crippen molar-refractivity contribution in [2.75, 3.05) is 13.2 Å². The van der Waals surface area contributed by atoms with Gasteiger partial charge in [0.25, 0.3) is 11.5 Å². The Morgan fingerprint density at radius 1 is 0.691 bits per heavy atom. The van der Waals surface area contributed by atoms with Crippen LogP contribution in [-0.2, 0) is 48.2 Å². The molecule has 2 fully saturated rings. The summed E-state index contributed by atoms with van der Waals surface area (Å²) in [6.07, 6.45) is -15.2. The molecule has 15 nitrogen and oxygen atoms in total. The van der Waals surface area contributed by atoms with Gasteiger partial charge < -0.3 is 54.0 Å². The number of nitrogens with zero attached hydrogens (tertiary/aromatic N) is 1. The number of nitro groups is 1. The van der Waals surface area contributed by atoms with Gasteiger partial charge in [0.2, 0.25) is 0 Å². The average Bonchev–Trinajstić information content (AvgIpc) is 3.21. The molecule has 5 N–H and O–H groups in total. The first-order chi connectivity index (χ1) is 26.6. The van der Waals surface area contributed by atoms with Gasteiger partial charge in [-0.1, -0.05) is 91.0 Å². The lowest BCUT2D eigenvalue weighted by Crippen LogP contribution is -2.76. The van der Waals surface area contributed by atoms with Crippen LogP contribution in [0.2, 0.25) is 0 Å². The van der Waals surface area contributed by atoms with E-state index in [4.69, 9.17) is 28.4 Å². The number of hydrogen-bond acceptors (Lipinski definition) is 14. The molecule has 2 saturated heterocycles. The lowest BCUT2D eigenvalue weighted by Gasteiger charge is -2.55. The van der Waals surface area contributed by atoms with Gasteiger partial charge in [-0.15, -0.1) is 0 Å². The van der Waals surface area contributed by atoms with Gasteiger partial charge in [0, 0.05) is 12.1 Å². The van der Waals surface area contributed by atoms with Crippen LogP contribution in [0.15, 0.2) is 115 Å². The number of rotatable bonds is 15. The summed E-state index contributed by atoms with van der Waals surface area (Å²) in [6, 6.07) is 31.5. The van der Waals surface area contributed by atoms with Gasteiger partial charge in [-0.2, -0.15) is 0 Å². The molecular weight excluding hydrogens is 718 g/mol. The maximum Gasteiger partial charge on any atom is 0.340 e. The summed E-state index contributed by atoms with van der Waals surface area (Å²) in [6.45, 7) is -1.31. The Kier molecular flexibility index (Phi) is 13.3. The summed E-state index contributed by atoms with van der Waals surface area (Å²) in [4.78, 5) is 24.9. The second-order valence-corrected chi connectivity index (χ2v) is 13.3. The predicted octanol–water partition coefficient (Wildman–Crippen LogP) is 2.44. The third kappa shape index (κ3) is 9.25. The monoisotopic (exact) mass is 761 g/mol. The van der Waals surface area contributed by atoms with Gasteiger partial charge in [-0.05, 0) is 28.8 Å². The normalized spacial score (nSPS) is 29.4. The zero-order chi connectivity index (χ0) is 39.0. The minimum Gasteiger partial charge on any atom is -0.423 e. The molecule has 0 radical (unpaired) electrons. The molecule has 55 heavy (non-hydrogen) atoms. The first-order valence-corrected chi connectivity index (χ1v) is 17.7. The zero-order valence-electron chi connectivity index (χ0n) is 29.6. The molecule has 4 aromatic rings. The highest BCUT2D eigenvalue weighted by Gasteiger charge is 2.67. The Morgan fingerprint density at radius 2 is 1.24 bits per heavy atom. The minimum atomic E-state index is -2.62.